The van der Waals surface area contributed by atoms with Crippen molar-refractivity contribution in [1.82, 2.24) is 5.32 Å². The van der Waals surface area contributed by atoms with Gasteiger partial charge >= 0.3 is 0 Å². The van der Waals surface area contributed by atoms with Crippen molar-refractivity contribution >= 4 is 5.91 Å². The highest BCUT2D eigenvalue weighted by atomic mass is 16.3. The van der Waals surface area contributed by atoms with Gasteiger partial charge in [0.1, 0.15) is 0 Å². The van der Waals surface area contributed by atoms with Crippen LogP contribution in [0.15, 0.2) is 0 Å². The van der Waals surface area contributed by atoms with E-state index in [1.807, 2.05) is 6.92 Å². The van der Waals surface area contributed by atoms with E-state index in [9.17, 15) is 4.79 Å². The van der Waals surface area contributed by atoms with Crippen molar-refractivity contribution in [1.29, 1.82) is 0 Å². The molecule has 0 bridgehead atoms. The van der Waals surface area contributed by atoms with E-state index >= 15 is 0 Å². The minimum atomic E-state index is 0.247. The fraction of sp³-hybridized carbons (Fsp3) is 0.923. The van der Waals surface area contributed by atoms with Gasteiger partial charge in [-0.25, -0.2) is 0 Å². The van der Waals surface area contributed by atoms with Crippen molar-refractivity contribution in [3.05, 3.63) is 0 Å². The normalized spacial score (nSPS) is 19.4. The summed E-state index contributed by atoms with van der Waals surface area (Å²) in [4.78, 5) is 11.8. The second-order valence-corrected chi connectivity index (χ2v) is 5.06. The van der Waals surface area contributed by atoms with E-state index in [4.69, 9.17) is 5.11 Å². The largest absolute Gasteiger partial charge is 0.396 e. The van der Waals surface area contributed by atoms with E-state index in [1.165, 1.54) is 19.3 Å². The zero-order valence-electron chi connectivity index (χ0n) is 10.4. The maximum atomic E-state index is 11.8. The van der Waals surface area contributed by atoms with Crippen molar-refractivity contribution in [3.63, 3.8) is 0 Å². The molecule has 1 rings (SSSR count). The zero-order valence-corrected chi connectivity index (χ0v) is 10.4. The Morgan fingerprint density at radius 1 is 1.38 bits per heavy atom. The lowest BCUT2D eigenvalue weighted by Gasteiger charge is -2.20. The molecule has 94 valence electrons. The van der Waals surface area contributed by atoms with Gasteiger partial charge in [0, 0.05) is 19.1 Å². The van der Waals surface area contributed by atoms with Crippen molar-refractivity contribution < 1.29 is 9.90 Å². The number of hydrogen-bond acceptors (Lipinski definition) is 2. The van der Waals surface area contributed by atoms with Gasteiger partial charge in [0.05, 0.1) is 0 Å². The molecule has 0 saturated heterocycles. The molecule has 1 saturated carbocycles. The van der Waals surface area contributed by atoms with Gasteiger partial charge in [-0.1, -0.05) is 26.2 Å². The lowest BCUT2D eigenvalue weighted by Crippen LogP contribution is -2.32. The Hall–Kier alpha value is -0.570. The molecule has 16 heavy (non-hydrogen) atoms. The molecular weight excluding hydrogens is 202 g/mol. The van der Waals surface area contributed by atoms with Crippen LogP contribution in [0.25, 0.3) is 0 Å². The van der Waals surface area contributed by atoms with Crippen LogP contribution >= 0.6 is 0 Å². The number of aliphatic hydroxyl groups excluding tert-OH is 1. The molecule has 0 heterocycles. The molecule has 1 atom stereocenters. The molecular formula is C13H25NO2. The molecule has 0 aliphatic heterocycles. The second kappa shape index (κ2) is 7.66. The van der Waals surface area contributed by atoms with Gasteiger partial charge in [-0.3, -0.25) is 4.79 Å². The van der Waals surface area contributed by atoms with Crippen LogP contribution < -0.4 is 5.32 Å². The maximum Gasteiger partial charge on any atom is 0.223 e. The summed E-state index contributed by atoms with van der Waals surface area (Å²) in [7, 11) is 0. The lowest BCUT2D eigenvalue weighted by molar-refractivity contribution is -0.125. The Bertz CT molecular complexity index is 200. The van der Waals surface area contributed by atoms with Crippen molar-refractivity contribution in [2.45, 2.75) is 51.9 Å². The third kappa shape index (κ3) is 4.97. The Kier molecular flexibility index (Phi) is 6.46. The van der Waals surface area contributed by atoms with Crippen LogP contribution in [-0.4, -0.2) is 24.2 Å². The van der Waals surface area contributed by atoms with Crippen LogP contribution in [0, 0.1) is 11.8 Å². The highest BCUT2D eigenvalue weighted by Crippen LogP contribution is 2.23. The summed E-state index contributed by atoms with van der Waals surface area (Å²) < 4.78 is 0. The molecule has 1 aliphatic rings. The molecule has 1 unspecified atom stereocenters. The van der Waals surface area contributed by atoms with Crippen molar-refractivity contribution in [2.24, 2.45) is 11.8 Å². The number of carbonyl (C=O) groups is 1. The van der Waals surface area contributed by atoms with Crippen LogP contribution in [0.3, 0.4) is 0 Å². The summed E-state index contributed by atoms with van der Waals surface area (Å²) in [5.41, 5.74) is 0. The Morgan fingerprint density at radius 3 is 2.69 bits per heavy atom. The maximum absolute atomic E-state index is 11.8. The summed E-state index contributed by atoms with van der Waals surface area (Å²) >= 11 is 0. The van der Waals surface area contributed by atoms with E-state index in [2.05, 4.69) is 5.32 Å². The fourth-order valence-corrected chi connectivity index (χ4v) is 2.26. The van der Waals surface area contributed by atoms with Gasteiger partial charge in [0.15, 0.2) is 0 Å². The standard InChI is InChI=1S/C13H25NO2/c1-11(10-15)6-5-9-14-13(16)12-7-3-2-4-8-12/h11-12,15H,2-10H2,1H3,(H,14,16). The summed E-state index contributed by atoms with van der Waals surface area (Å²) in [6.45, 7) is 3.04. The summed E-state index contributed by atoms with van der Waals surface area (Å²) in [5.74, 6) is 0.868. The van der Waals surface area contributed by atoms with Gasteiger partial charge < -0.3 is 10.4 Å². The first-order valence-electron chi connectivity index (χ1n) is 6.62. The molecule has 2 N–H and O–H groups in total. The first kappa shape index (κ1) is 13.5. The molecule has 0 aromatic heterocycles. The summed E-state index contributed by atoms with van der Waals surface area (Å²) in [6, 6.07) is 0. The highest BCUT2D eigenvalue weighted by Gasteiger charge is 2.20. The molecule has 0 radical (unpaired) electrons. The monoisotopic (exact) mass is 227 g/mol. The van der Waals surface area contributed by atoms with Crippen LogP contribution in [0.4, 0.5) is 0 Å². The number of nitrogens with one attached hydrogen (secondary N) is 1. The van der Waals surface area contributed by atoms with E-state index in [0.29, 0.717) is 5.92 Å². The third-order valence-electron chi connectivity index (χ3n) is 3.46. The van der Waals surface area contributed by atoms with Gasteiger partial charge in [0.25, 0.3) is 0 Å². The molecule has 3 nitrogen and oxygen atoms in total. The molecule has 1 aliphatic carbocycles. The zero-order chi connectivity index (χ0) is 11.8. The second-order valence-electron chi connectivity index (χ2n) is 5.06. The predicted octanol–water partition coefficient (Wildman–Crippen LogP) is 2.09. The van der Waals surface area contributed by atoms with E-state index < -0.39 is 0 Å². The molecule has 0 aromatic rings. The molecule has 0 spiro atoms. The molecule has 0 aromatic carbocycles. The topological polar surface area (TPSA) is 49.3 Å². The predicted molar refractivity (Wildman–Crippen MR) is 65.1 cm³/mol. The first-order valence-corrected chi connectivity index (χ1v) is 6.62. The first-order chi connectivity index (χ1) is 7.74. The van der Waals surface area contributed by atoms with Gasteiger partial charge in [-0.05, 0) is 31.6 Å². The highest BCUT2D eigenvalue weighted by molar-refractivity contribution is 5.78. The van der Waals surface area contributed by atoms with Crippen molar-refractivity contribution in [2.75, 3.05) is 13.2 Å². The SMILES string of the molecule is CC(CO)CCCNC(=O)C1CCCCC1. The quantitative estimate of drug-likeness (QED) is 0.683. The van der Waals surface area contributed by atoms with Crippen molar-refractivity contribution in [3.8, 4) is 0 Å². The molecule has 1 amide bonds. The fourth-order valence-electron chi connectivity index (χ4n) is 2.26. The number of amides is 1. The Balaban J connectivity index is 2.05. The third-order valence-corrected chi connectivity index (χ3v) is 3.46. The average molecular weight is 227 g/mol. The minimum absolute atomic E-state index is 0.247. The van der Waals surface area contributed by atoms with Gasteiger partial charge in [-0.15, -0.1) is 0 Å². The van der Waals surface area contributed by atoms with E-state index in [-0.39, 0.29) is 18.4 Å². The van der Waals surface area contributed by atoms with E-state index in [1.54, 1.807) is 0 Å². The molecule has 1 fully saturated rings. The minimum Gasteiger partial charge on any atom is -0.396 e. The summed E-state index contributed by atoms with van der Waals surface area (Å²) in [6.07, 6.45) is 7.80. The van der Waals surface area contributed by atoms with Crippen LogP contribution in [0.1, 0.15) is 51.9 Å². The van der Waals surface area contributed by atoms with E-state index in [0.717, 1.165) is 32.2 Å². The Labute approximate surface area is 98.6 Å². The van der Waals surface area contributed by atoms with Crippen LogP contribution in [-0.2, 0) is 4.79 Å². The summed E-state index contributed by atoms with van der Waals surface area (Å²) in [5, 5.41) is 11.9. The lowest BCUT2D eigenvalue weighted by atomic mass is 9.88. The molecule has 3 heteroatoms. The smallest absolute Gasteiger partial charge is 0.223 e. The number of aliphatic hydroxyl groups is 1. The van der Waals surface area contributed by atoms with Crippen LogP contribution in [0.2, 0.25) is 0 Å². The van der Waals surface area contributed by atoms with Gasteiger partial charge in [-0.2, -0.15) is 0 Å². The number of carbonyl (C=O) groups excluding carboxylic acids is 1. The Morgan fingerprint density at radius 2 is 2.06 bits per heavy atom. The average Bonchev–Trinajstić information content (AvgIpc) is 2.35. The number of rotatable bonds is 6. The van der Waals surface area contributed by atoms with Gasteiger partial charge in [0.2, 0.25) is 5.91 Å². The van der Waals surface area contributed by atoms with Crippen LogP contribution in [0.5, 0.6) is 0 Å². The number of hydrogen-bond donors (Lipinski definition) is 2.